The van der Waals surface area contributed by atoms with Gasteiger partial charge in [0.05, 0.1) is 11.3 Å². The minimum absolute atomic E-state index is 0.216. The number of benzene rings is 2. The molecule has 9 heteroatoms. The van der Waals surface area contributed by atoms with Crippen molar-refractivity contribution in [1.82, 2.24) is 0 Å². The third kappa shape index (κ3) is 7.53. The van der Waals surface area contributed by atoms with Crippen molar-refractivity contribution < 1.29 is 37.0 Å². The monoisotopic (exact) mass is 509 g/mol. The van der Waals surface area contributed by atoms with Crippen LogP contribution in [-0.4, -0.2) is 30.7 Å². The van der Waals surface area contributed by atoms with E-state index in [-0.39, 0.29) is 29.9 Å². The number of amides is 1. The van der Waals surface area contributed by atoms with Crippen molar-refractivity contribution >= 4 is 18.1 Å². The van der Waals surface area contributed by atoms with Crippen LogP contribution in [-0.2, 0) is 20.5 Å². The smallest absolute Gasteiger partial charge is 0.416 e. The van der Waals surface area contributed by atoms with E-state index in [1.807, 2.05) is 0 Å². The van der Waals surface area contributed by atoms with Crippen LogP contribution in [0.25, 0.3) is 0 Å². The lowest BCUT2D eigenvalue weighted by molar-refractivity contribution is -0.137. The molecule has 5 nitrogen and oxygen atoms in total. The van der Waals surface area contributed by atoms with Crippen LogP contribution < -0.4 is 5.32 Å². The molecule has 3 unspecified atom stereocenters. The summed E-state index contributed by atoms with van der Waals surface area (Å²) in [6.07, 6.45) is 1.80. The molecule has 2 aromatic rings. The molecule has 1 heterocycles. The Bertz CT molecular complexity index is 1000. The molecule has 196 valence electrons. The van der Waals surface area contributed by atoms with E-state index in [9.17, 15) is 22.4 Å². The highest BCUT2D eigenvalue weighted by Crippen LogP contribution is 2.38. The zero-order valence-electron chi connectivity index (χ0n) is 19.9. The summed E-state index contributed by atoms with van der Waals surface area (Å²) in [7, 11) is 0. The second kappa shape index (κ2) is 12.9. The van der Waals surface area contributed by atoms with Crippen LogP contribution in [0.3, 0.4) is 0 Å². The first-order chi connectivity index (χ1) is 17.2. The van der Waals surface area contributed by atoms with E-state index in [4.69, 9.17) is 14.6 Å². The Hall–Kier alpha value is -2.94. The molecular weight excluding hydrogens is 478 g/mol. The van der Waals surface area contributed by atoms with Gasteiger partial charge in [0.25, 0.3) is 6.47 Å². The number of halogens is 4. The standard InChI is InChI=1S/C26H29F4NO2.CH2O2/c27-23-16-22(26(28,29)30)10-11-24(23)31-25(32)21-4-1-3-20(15-21)19-8-6-18(7-9-19)17-5-2-13-33-14-12-17;2-1-3/h6-11,16-17,20-21H,1-5,12-15H2,(H,31,32);1H,(H,2,3). The van der Waals surface area contributed by atoms with Gasteiger partial charge in [0.2, 0.25) is 5.91 Å². The summed E-state index contributed by atoms with van der Waals surface area (Å²) >= 11 is 0. The van der Waals surface area contributed by atoms with Crippen molar-refractivity contribution in [1.29, 1.82) is 0 Å². The molecule has 1 aliphatic carbocycles. The zero-order chi connectivity index (χ0) is 26.1. The molecule has 0 spiro atoms. The summed E-state index contributed by atoms with van der Waals surface area (Å²) in [6.45, 7) is 1.38. The van der Waals surface area contributed by atoms with Gasteiger partial charge < -0.3 is 15.2 Å². The minimum Gasteiger partial charge on any atom is -0.483 e. The van der Waals surface area contributed by atoms with E-state index in [1.165, 1.54) is 11.1 Å². The van der Waals surface area contributed by atoms with Crippen LogP contribution >= 0.6 is 0 Å². The van der Waals surface area contributed by atoms with Gasteiger partial charge in [-0.3, -0.25) is 9.59 Å². The summed E-state index contributed by atoms with van der Waals surface area (Å²) in [5.74, 6) is -0.967. The number of rotatable bonds is 4. The first-order valence-electron chi connectivity index (χ1n) is 12.2. The maximum atomic E-state index is 14.1. The number of carbonyl (C=O) groups excluding carboxylic acids is 1. The lowest BCUT2D eigenvalue weighted by Gasteiger charge is -2.29. The first kappa shape index (κ1) is 27.6. The highest BCUT2D eigenvalue weighted by atomic mass is 19.4. The molecule has 1 aliphatic heterocycles. The Labute approximate surface area is 207 Å². The molecule has 2 aliphatic rings. The van der Waals surface area contributed by atoms with Gasteiger partial charge in [-0.2, -0.15) is 13.2 Å². The predicted octanol–water partition coefficient (Wildman–Crippen LogP) is 6.74. The number of anilines is 1. The number of ether oxygens (including phenoxy) is 1. The molecule has 1 amide bonds. The fourth-order valence-electron chi connectivity index (χ4n) is 5.04. The number of alkyl halides is 3. The van der Waals surface area contributed by atoms with Gasteiger partial charge in [0.1, 0.15) is 5.82 Å². The van der Waals surface area contributed by atoms with Gasteiger partial charge in [-0.1, -0.05) is 30.7 Å². The molecule has 3 atom stereocenters. The summed E-state index contributed by atoms with van der Waals surface area (Å²) in [4.78, 5) is 21.1. The van der Waals surface area contributed by atoms with E-state index in [1.54, 1.807) is 0 Å². The van der Waals surface area contributed by atoms with Crippen molar-refractivity contribution in [3.63, 3.8) is 0 Å². The third-order valence-corrected chi connectivity index (χ3v) is 6.93. The molecule has 2 N–H and O–H groups in total. The maximum Gasteiger partial charge on any atom is 0.416 e. The summed E-state index contributed by atoms with van der Waals surface area (Å²) in [6, 6.07) is 10.9. The lowest BCUT2D eigenvalue weighted by Crippen LogP contribution is -2.28. The second-order valence-electron chi connectivity index (χ2n) is 9.25. The Balaban J connectivity index is 0.00000115. The lowest BCUT2D eigenvalue weighted by atomic mass is 9.77. The number of nitrogens with one attached hydrogen (secondary N) is 1. The molecule has 1 saturated carbocycles. The average molecular weight is 510 g/mol. The van der Waals surface area contributed by atoms with Gasteiger partial charge in [-0.25, -0.2) is 4.39 Å². The van der Waals surface area contributed by atoms with Crippen LogP contribution in [0.4, 0.5) is 23.2 Å². The fraction of sp³-hybridized carbons (Fsp3) is 0.481. The van der Waals surface area contributed by atoms with Crippen molar-refractivity contribution in [2.24, 2.45) is 5.92 Å². The van der Waals surface area contributed by atoms with Crippen LogP contribution in [0.2, 0.25) is 0 Å². The largest absolute Gasteiger partial charge is 0.483 e. The normalized spacial score (nSPS) is 22.5. The van der Waals surface area contributed by atoms with Gasteiger partial charge in [0.15, 0.2) is 0 Å². The SMILES string of the molecule is O=C(Nc1ccc(C(F)(F)F)cc1F)C1CCCC(c2ccc(C3CCCOCC3)cc2)C1.O=CO. The maximum absolute atomic E-state index is 14.1. The van der Waals surface area contributed by atoms with Crippen LogP contribution in [0.5, 0.6) is 0 Å². The molecule has 2 aromatic carbocycles. The third-order valence-electron chi connectivity index (χ3n) is 6.93. The highest BCUT2D eigenvalue weighted by Gasteiger charge is 2.32. The number of carbonyl (C=O) groups is 2. The minimum atomic E-state index is -4.63. The second-order valence-corrected chi connectivity index (χ2v) is 9.25. The fourth-order valence-corrected chi connectivity index (χ4v) is 5.04. The molecule has 4 rings (SSSR count). The van der Waals surface area contributed by atoms with Crippen molar-refractivity contribution in [3.05, 3.63) is 65.0 Å². The number of hydrogen-bond donors (Lipinski definition) is 2. The van der Waals surface area contributed by atoms with Gasteiger partial charge >= 0.3 is 6.18 Å². The van der Waals surface area contributed by atoms with Crippen molar-refractivity contribution in [3.8, 4) is 0 Å². The zero-order valence-corrected chi connectivity index (χ0v) is 19.9. The van der Waals surface area contributed by atoms with Crippen LogP contribution in [0.15, 0.2) is 42.5 Å². The number of hydrogen-bond acceptors (Lipinski definition) is 3. The van der Waals surface area contributed by atoms with E-state index >= 15 is 0 Å². The topological polar surface area (TPSA) is 75.6 Å². The van der Waals surface area contributed by atoms with Crippen molar-refractivity contribution in [2.75, 3.05) is 18.5 Å². The van der Waals surface area contributed by atoms with Crippen LogP contribution in [0, 0.1) is 11.7 Å². The average Bonchev–Trinajstić information content (AvgIpc) is 3.15. The molecule has 0 aromatic heterocycles. The van der Waals surface area contributed by atoms with Crippen molar-refractivity contribution in [2.45, 2.75) is 63.0 Å². The van der Waals surface area contributed by atoms with E-state index in [0.29, 0.717) is 24.8 Å². The number of carboxylic acid groups (broad SMARTS) is 1. The summed E-state index contributed by atoms with van der Waals surface area (Å²) < 4.78 is 57.9. The molecule has 2 fully saturated rings. The molecule has 0 radical (unpaired) electrons. The summed E-state index contributed by atoms with van der Waals surface area (Å²) in [5, 5.41) is 9.38. The Morgan fingerprint density at radius 1 is 0.944 bits per heavy atom. The van der Waals surface area contributed by atoms with E-state index in [0.717, 1.165) is 57.5 Å². The van der Waals surface area contributed by atoms with E-state index < -0.39 is 17.6 Å². The van der Waals surface area contributed by atoms with Gasteiger partial charge in [-0.05, 0) is 79.7 Å². The Kier molecular flexibility index (Phi) is 9.87. The molecule has 0 bridgehead atoms. The Morgan fingerprint density at radius 3 is 2.22 bits per heavy atom. The summed E-state index contributed by atoms with van der Waals surface area (Å²) in [5.41, 5.74) is 1.23. The highest BCUT2D eigenvalue weighted by molar-refractivity contribution is 5.92. The van der Waals surface area contributed by atoms with Gasteiger partial charge in [0, 0.05) is 19.1 Å². The first-order valence-corrected chi connectivity index (χ1v) is 12.2. The molecular formula is C27H31F4NO4. The van der Waals surface area contributed by atoms with Gasteiger partial charge in [-0.15, -0.1) is 0 Å². The van der Waals surface area contributed by atoms with Crippen LogP contribution in [0.1, 0.15) is 73.5 Å². The Morgan fingerprint density at radius 2 is 1.58 bits per heavy atom. The molecule has 36 heavy (non-hydrogen) atoms. The van der Waals surface area contributed by atoms with E-state index in [2.05, 4.69) is 29.6 Å². The molecule has 1 saturated heterocycles. The predicted molar refractivity (Wildman–Crippen MR) is 127 cm³/mol. The quantitative estimate of drug-likeness (QED) is 0.354.